The number of hydrogen-bond donors (Lipinski definition) is 3. The Hall–Kier alpha value is -4.26. The Morgan fingerprint density at radius 3 is 2.13 bits per heavy atom. The molecule has 0 bridgehead atoms. The number of carbonyl (C=O) groups is 2. The molecule has 0 spiro atoms. The predicted octanol–water partition coefficient (Wildman–Crippen LogP) is 3.30. The van der Waals surface area contributed by atoms with E-state index < -0.39 is 11.8 Å². The number of amidine groups is 1. The smallest absolute Gasteiger partial charge is 0.300 e. The van der Waals surface area contributed by atoms with E-state index in [2.05, 4.69) is 26.4 Å². The van der Waals surface area contributed by atoms with Crippen LogP contribution in [0.15, 0.2) is 95.1 Å². The van der Waals surface area contributed by atoms with E-state index in [9.17, 15) is 9.59 Å². The molecular weight excluding hydrogens is 378 g/mol. The van der Waals surface area contributed by atoms with E-state index in [-0.39, 0.29) is 5.84 Å². The zero-order valence-corrected chi connectivity index (χ0v) is 16.4. The van der Waals surface area contributed by atoms with E-state index in [0.717, 1.165) is 11.1 Å². The highest BCUT2D eigenvalue weighted by Crippen LogP contribution is 2.05. The molecule has 0 aliphatic carbocycles. The van der Waals surface area contributed by atoms with E-state index in [4.69, 9.17) is 0 Å². The van der Waals surface area contributed by atoms with Gasteiger partial charge in [0.15, 0.2) is 0 Å². The summed E-state index contributed by atoms with van der Waals surface area (Å²) >= 11 is 0. The topological polar surface area (TPSA) is 94.9 Å². The Morgan fingerprint density at radius 1 is 0.833 bits per heavy atom. The fourth-order valence-electron chi connectivity index (χ4n) is 2.41. The van der Waals surface area contributed by atoms with Crippen molar-refractivity contribution in [3.05, 3.63) is 102 Å². The number of amides is 2. The van der Waals surface area contributed by atoms with Gasteiger partial charge in [-0.05, 0) is 36.8 Å². The normalized spacial score (nSPS) is 11.2. The van der Waals surface area contributed by atoms with Gasteiger partial charge in [-0.1, -0.05) is 66.2 Å². The second-order valence-electron chi connectivity index (χ2n) is 6.37. The summed E-state index contributed by atoms with van der Waals surface area (Å²) in [6, 6.07) is 25.3. The molecule has 0 aromatic heterocycles. The molecule has 3 rings (SSSR count). The molecule has 2 amide bonds. The van der Waals surface area contributed by atoms with Crippen molar-refractivity contribution in [2.24, 2.45) is 10.2 Å². The minimum Gasteiger partial charge on any atom is -0.300 e. The first-order chi connectivity index (χ1) is 14.6. The van der Waals surface area contributed by atoms with Crippen LogP contribution < -0.4 is 16.2 Å². The van der Waals surface area contributed by atoms with Crippen LogP contribution in [-0.4, -0.2) is 23.9 Å². The number of rotatable bonds is 5. The Balaban J connectivity index is 1.72. The minimum atomic E-state index is -0.661. The summed E-state index contributed by atoms with van der Waals surface area (Å²) in [5.41, 5.74) is 8.17. The van der Waals surface area contributed by atoms with Crippen LogP contribution in [0.25, 0.3) is 0 Å². The molecule has 30 heavy (non-hydrogen) atoms. The first-order valence-electron chi connectivity index (χ1n) is 9.27. The molecule has 0 unspecified atom stereocenters. The number of benzene rings is 3. The van der Waals surface area contributed by atoms with Gasteiger partial charge < -0.3 is 5.32 Å². The highest BCUT2D eigenvalue weighted by Gasteiger charge is 2.16. The Morgan fingerprint density at radius 2 is 1.47 bits per heavy atom. The van der Waals surface area contributed by atoms with E-state index in [1.807, 2.05) is 49.4 Å². The van der Waals surface area contributed by atoms with Crippen LogP contribution in [0.5, 0.6) is 0 Å². The lowest BCUT2D eigenvalue weighted by Gasteiger charge is -2.08. The Kier molecular flexibility index (Phi) is 7.05. The maximum absolute atomic E-state index is 12.6. The van der Waals surface area contributed by atoms with Crippen molar-refractivity contribution in [2.75, 3.05) is 5.43 Å². The monoisotopic (exact) mass is 399 g/mol. The van der Waals surface area contributed by atoms with Crippen LogP contribution >= 0.6 is 0 Å². The first kappa shape index (κ1) is 20.5. The van der Waals surface area contributed by atoms with Crippen LogP contribution in [0, 0.1) is 6.92 Å². The number of aryl methyl sites for hydroxylation is 1. The van der Waals surface area contributed by atoms with Gasteiger partial charge in [0, 0.05) is 5.56 Å². The largest absolute Gasteiger partial charge is 0.309 e. The van der Waals surface area contributed by atoms with Gasteiger partial charge in [-0.2, -0.15) is 10.2 Å². The summed E-state index contributed by atoms with van der Waals surface area (Å²) < 4.78 is 0. The average Bonchev–Trinajstić information content (AvgIpc) is 2.79. The molecule has 0 fully saturated rings. The third-order valence-electron chi connectivity index (χ3n) is 4.01. The molecule has 150 valence electrons. The lowest BCUT2D eigenvalue weighted by Crippen LogP contribution is -2.42. The van der Waals surface area contributed by atoms with Crippen molar-refractivity contribution in [3.63, 3.8) is 0 Å². The molecule has 7 nitrogen and oxygen atoms in total. The Labute approximate surface area is 174 Å². The van der Waals surface area contributed by atoms with Gasteiger partial charge in [0.2, 0.25) is 5.84 Å². The quantitative estimate of drug-likeness (QED) is 0.349. The average molecular weight is 399 g/mol. The Bertz CT molecular complexity index is 1050. The highest BCUT2D eigenvalue weighted by atomic mass is 16.2. The van der Waals surface area contributed by atoms with Crippen molar-refractivity contribution in [1.29, 1.82) is 0 Å². The molecule has 3 N–H and O–H groups in total. The van der Waals surface area contributed by atoms with E-state index in [0.29, 0.717) is 11.3 Å². The molecule has 3 aromatic rings. The minimum absolute atomic E-state index is 0.214. The molecule has 0 atom stereocenters. The number of para-hydroxylation sites is 1. The van der Waals surface area contributed by atoms with E-state index in [1.54, 1.807) is 42.5 Å². The maximum atomic E-state index is 12.6. The molecule has 7 heteroatoms. The number of hydrazone groups is 2. The van der Waals surface area contributed by atoms with Crippen molar-refractivity contribution >= 4 is 29.6 Å². The predicted molar refractivity (Wildman–Crippen MR) is 118 cm³/mol. The molecule has 0 aliphatic rings. The van der Waals surface area contributed by atoms with Gasteiger partial charge in [0.1, 0.15) is 0 Å². The van der Waals surface area contributed by atoms with Gasteiger partial charge in [0.25, 0.3) is 5.91 Å². The summed E-state index contributed by atoms with van der Waals surface area (Å²) in [5.74, 6) is -1.33. The molecular formula is C23H21N5O2. The maximum Gasteiger partial charge on any atom is 0.309 e. The SMILES string of the molecule is Cc1ccc(C=NNC(=O)/C(=N\Nc2ccccc2)NC(=O)c2ccccc2)cc1. The zero-order valence-electron chi connectivity index (χ0n) is 16.4. The van der Waals surface area contributed by atoms with Crippen molar-refractivity contribution in [2.45, 2.75) is 6.92 Å². The summed E-state index contributed by atoms with van der Waals surface area (Å²) in [5, 5.41) is 10.5. The number of nitrogens with one attached hydrogen (secondary N) is 3. The third kappa shape index (κ3) is 6.13. The summed E-state index contributed by atoms with van der Waals surface area (Å²) in [6.45, 7) is 1.99. The van der Waals surface area contributed by atoms with E-state index >= 15 is 0 Å². The van der Waals surface area contributed by atoms with Crippen molar-refractivity contribution in [3.8, 4) is 0 Å². The van der Waals surface area contributed by atoms with Gasteiger partial charge in [-0.25, -0.2) is 5.43 Å². The number of anilines is 1. The fourth-order valence-corrected chi connectivity index (χ4v) is 2.41. The second-order valence-corrected chi connectivity index (χ2v) is 6.37. The number of carbonyl (C=O) groups excluding carboxylic acids is 2. The molecule has 0 heterocycles. The third-order valence-corrected chi connectivity index (χ3v) is 4.01. The summed E-state index contributed by atoms with van der Waals surface area (Å²) in [7, 11) is 0. The van der Waals surface area contributed by atoms with Crippen LogP contribution in [0.2, 0.25) is 0 Å². The van der Waals surface area contributed by atoms with Crippen LogP contribution in [0.1, 0.15) is 21.5 Å². The standard InChI is InChI=1S/C23H21N5O2/c1-17-12-14-18(15-13-17)16-24-28-23(30)21(27-26-20-10-6-3-7-11-20)25-22(29)19-8-4-2-5-9-19/h2-16,26H,1H3,(H,28,30)(H,25,27,29). The summed E-state index contributed by atoms with van der Waals surface area (Å²) in [6.07, 6.45) is 1.51. The molecule has 0 saturated carbocycles. The lowest BCUT2D eigenvalue weighted by molar-refractivity contribution is -0.115. The number of nitrogens with zero attached hydrogens (tertiary/aromatic N) is 2. The zero-order chi connectivity index (χ0) is 21.2. The van der Waals surface area contributed by atoms with Crippen molar-refractivity contribution in [1.82, 2.24) is 10.7 Å². The van der Waals surface area contributed by atoms with Gasteiger partial charge in [-0.3, -0.25) is 15.0 Å². The van der Waals surface area contributed by atoms with Gasteiger partial charge in [0.05, 0.1) is 11.9 Å². The van der Waals surface area contributed by atoms with E-state index in [1.165, 1.54) is 6.21 Å². The lowest BCUT2D eigenvalue weighted by atomic mass is 10.2. The second kappa shape index (κ2) is 10.3. The van der Waals surface area contributed by atoms with Gasteiger partial charge >= 0.3 is 5.91 Å². The molecule has 0 aliphatic heterocycles. The van der Waals surface area contributed by atoms with Crippen LogP contribution in [-0.2, 0) is 4.79 Å². The molecule has 0 saturated heterocycles. The molecule has 3 aromatic carbocycles. The van der Waals surface area contributed by atoms with Crippen LogP contribution in [0.3, 0.4) is 0 Å². The highest BCUT2D eigenvalue weighted by molar-refractivity contribution is 6.41. The first-order valence-corrected chi connectivity index (χ1v) is 9.27. The van der Waals surface area contributed by atoms with Crippen LogP contribution in [0.4, 0.5) is 5.69 Å². The molecule has 0 radical (unpaired) electrons. The van der Waals surface area contributed by atoms with Crippen molar-refractivity contribution < 1.29 is 9.59 Å². The summed E-state index contributed by atoms with van der Waals surface area (Å²) in [4.78, 5) is 25.0. The fraction of sp³-hybridized carbons (Fsp3) is 0.0435. The number of hydrogen-bond acceptors (Lipinski definition) is 5. The van der Waals surface area contributed by atoms with Gasteiger partial charge in [-0.15, -0.1) is 0 Å².